The molecule has 1 aliphatic heterocycles. The van der Waals surface area contributed by atoms with E-state index in [1.54, 1.807) is 4.90 Å². The molecule has 0 aliphatic carbocycles. The van der Waals surface area contributed by atoms with E-state index in [1.807, 2.05) is 24.3 Å². The summed E-state index contributed by atoms with van der Waals surface area (Å²) >= 11 is 0. The Morgan fingerprint density at radius 3 is 2.86 bits per heavy atom. The molecule has 6 nitrogen and oxygen atoms in total. The topological polar surface area (TPSA) is 72.4 Å². The summed E-state index contributed by atoms with van der Waals surface area (Å²) in [5.41, 5.74) is 2.08. The van der Waals surface area contributed by atoms with Gasteiger partial charge in [-0.05, 0) is 11.6 Å². The van der Waals surface area contributed by atoms with Gasteiger partial charge in [-0.3, -0.25) is 14.6 Å². The number of ether oxygens (including phenoxy) is 1. The molecule has 0 saturated carbocycles. The summed E-state index contributed by atoms with van der Waals surface area (Å²) in [7, 11) is 1.37. The number of methoxy groups -OCH3 is 1. The number of hydrogen-bond donors (Lipinski definition) is 0. The number of esters is 1. The lowest BCUT2D eigenvalue weighted by Crippen LogP contribution is -2.31. The Labute approximate surface area is 127 Å². The van der Waals surface area contributed by atoms with E-state index in [0.29, 0.717) is 6.54 Å². The van der Waals surface area contributed by atoms with Gasteiger partial charge in [-0.25, -0.2) is 4.98 Å². The lowest BCUT2D eigenvalue weighted by Gasteiger charge is -2.17. The van der Waals surface area contributed by atoms with E-state index in [2.05, 4.69) is 9.97 Å². The molecule has 1 unspecified atom stereocenters. The van der Waals surface area contributed by atoms with Crippen molar-refractivity contribution in [3.63, 3.8) is 0 Å². The SMILES string of the molecule is COC(=O)CC1CN(C(=O)c2cnccn2)c2ccccc21. The van der Waals surface area contributed by atoms with Crippen LogP contribution in [0.25, 0.3) is 0 Å². The highest BCUT2D eigenvalue weighted by atomic mass is 16.5. The standard InChI is InChI=1S/C16H15N3O3/c1-22-15(20)8-11-10-19(14-5-3-2-4-12(11)14)16(21)13-9-17-6-7-18-13/h2-7,9,11H,8,10H2,1H3. The molecule has 3 rings (SSSR count). The van der Waals surface area contributed by atoms with Gasteiger partial charge in [0.25, 0.3) is 5.91 Å². The van der Waals surface area contributed by atoms with E-state index in [1.165, 1.54) is 25.7 Å². The van der Waals surface area contributed by atoms with Gasteiger partial charge in [0, 0.05) is 30.5 Å². The highest BCUT2D eigenvalue weighted by molar-refractivity contribution is 6.06. The second kappa shape index (κ2) is 5.93. The maximum atomic E-state index is 12.6. The molecule has 6 heteroatoms. The number of aromatic nitrogens is 2. The molecule has 0 N–H and O–H groups in total. The Morgan fingerprint density at radius 1 is 1.32 bits per heavy atom. The van der Waals surface area contributed by atoms with Gasteiger partial charge in [-0.15, -0.1) is 0 Å². The number of fused-ring (bicyclic) bond motifs is 1. The van der Waals surface area contributed by atoms with Gasteiger partial charge in [0.15, 0.2) is 0 Å². The van der Waals surface area contributed by atoms with Crippen molar-refractivity contribution in [1.82, 2.24) is 9.97 Å². The number of para-hydroxylation sites is 1. The molecule has 1 aromatic heterocycles. The van der Waals surface area contributed by atoms with E-state index in [-0.39, 0.29) is 29.9 Å². The predicted molar refractivity (Wildman–Crippen MR) is 79.5 cm³/mol. The first kappa shape index (κ1) is 14.2. The Bertz CT molecular complexity index is 703. The van der Waals surface area contributed by atoms with Gasteiger partial charge in [-0.2, -0.15) is 0 Å². The number of anilines is 1. The molecule has 0 radical (unpaired) electrons. The zero-order valence-corrected chi connectivity index (χ0v) is 12.1. The number of rotatable bonds is 3. The van der Waals surface area contributed by atoms with Crippen LogP contribution in [0.3, 0.4) is 0 Å². The minimum Gasteiger partial charge on any atom is -0.469 e. The first-order chi connectivity index (χ1) is 10.7. The van der Waals surface area contributed by atoms with Crippen LogP contribution in [0.4, 0.5) is 5.69 Å². The molecule has 0 spiro atoms. The first-order valence-electron chi connectivity index (χ1n) is 6.94. The summed E-state index contributed by atoms with van der Waals surface area (Å²) in [6.45, 7) is 0.434. The van der Waals surface area contributed by atoms with Crippen molar-refractivity contribution in [1.29, 1.82) is 0 Å². The molecule has 1 atom stereocenters. The molecule has 2 heterocycles. The predicted octanol–water partition coefficient (Wildman–Crippen LogP) is 1.78. The molecule has 1 aliphatic rings. The van der Waals surface area contributed by atoms with Crippen LogP contribution in [0.1, 0.15) is 28.4 Å². The summed E-state index contributed by atoms with van der Waals surface area (Å²) in [4.78, 5) is 33.8. The van der Waals surface area contributed by atoms with E-state index in [4.69, 9.17) is 4.74 Å². The van der Waals surface area contributed by atoms with Gasteiger partial charge in [0.1, 0.15) is 5.69 Å². The summed E-state index contributed by atoms with van der Waals surface area (Å²) in [5.74, 6) is -0.564. The summed E-state index contributed by atoms with van der Waals surface area (Å²) in [6.07, 6.45) is 4.70. The third kappa shape index (κ3) is 2.55. The molecule has 112 valence electrons. The van der Waals surface area contributed by atoms with Crippen molar-refractivity contribution in [3.8, 4) is 0 Å². The minimum absolute atomic E-state index is 0.0655. The van der Waals surface area contributed by atoms with Crippen LogP contribution >= 0.6 is 0 Å². The van der Waals surface area contributed by atoms with Gasteiger partial charge < -0.3 is 9.64 Å². The number of carbonyl (C=O) groups excluding carboxylic acids is 2. The summed E-state index contributed by atoms with van der Waals surface area (Å²) in [5, 5.41) is 0. The molecular weight excluding hydrogens is 282 g/mol. The third-order valence-corrected chi connectivity index (χ3v) is 3.74. The molecule has 1 aromatic carbocycles. The Hall–Kier alpha value is -2.76. The van der Waals surface area contributed by atoms with E-state index in [0.717, 1.165) is 11.3 Å². The van der Waals surface area contributed by atoms with Crippen molar-refractivity contribution in [2.45, 2.75) is 12.3 Å². The van der Waals surface area contributed by atoms with Crippen molar-refractivity contribution in [3.05, 3.63) is 54.1 Å². The first-order valence-corrected chi connectivity index (χ1v) is 6.94. The zero-order chi connectivity index (χ0) is 15.5. The van der Waals surface area contributed by atoms with Crippen molar-refractivity contribution < 1.29 is 14.3 Å². The number of benzene rings is 1. The lowest BCUT2D eigenvalue weighted by molar-refractivity contribution is -0.141. The fourth-order valence-electron chi connectivity index (χ4n) is 2.69. The van der Waals surface area contributed by atoms with Crippen LogP contribution in [0.2, 0.25) is 0 Å². The molecular formula is C16H15N3O3. The fraction of sp³-hybridized carbons (Fsp3) is 0.250. The van der Waals surface area contributed by atoms with Crippen molar-refractivity contribution >= 4 is 17.6 Å². The van der Waals surface area contributed by atoms with Crippen molar-refractivity contribution in [2.75, 3.05) is 18.6 Å². The number of nitrogens with zero attached hydrogens (tertiary/aromatic N) is 3. The number of hydrogen-bond acceptors (Lipinski definition) is 5. The van der Waals surface area contributed by atoms with Crippen LogP contribution in [0, 0.1) is 0 Å². The quantitative estimate of drug-likeness (QED) is 0.808. The second-order valence-corrected chi connectivity index (χ2v) is 5.04. The third-order valence-electron chi connectivity index (χ3n) is 3.74. The van der Waals surface area contributed by atoms with Crippen LogP contribution in [0.5, 0.6) is 0 Å². The van der Waals surface area contributed by atoms with E-state index >= 15 is 0 Å². The van der Waals surface area contributed by atoms with Gasteiger partial charge in [0.2, 0.25) is 0 Å². The highest BCUT2D eigenvalue weighted by Crippen LogP contribution is 2.38. The van der Waals surface area contributed by atoms with Crippen LogP contribution < -0.4 is 4.90 Å². The average molecular weight is 297 g/mol. The summed E-state index contributed by atoms with van der Waals surface area (Å²) < 4.78 is 4.74. The maximum absolute atomic E-state index is 12.6. The molecule has 0 fully saturated rings. The largest absolute Gasteiger partial charge is 0.469 e. The van der Waals surface area contributed by atoms with Gasteiger partial charge in [0.05, 0.1) is 19.7 Å². The molecule has 1 amide bonds. The molecule has 22 heavy (non-hydrogen) atoms. The molecule has 2 aromatic rings. The Balaban J connectivity index is 1.91. The Kier molecular flexibility index (Phi) is 3.82. The average Bonchev–Trinajstić information content (AvgIpc) is 2.93. The van der Waals surface area contributed by atoms with E-state index < -0.39 is 0 Å². The zero-order valence-electron chi connectivity index (χ0n) is 12.1. The maximum Gasteiger partial charge on any atom is 0.306 e. The fourth-order valence-corrected chi connectivity index (χ4v) is 2.69. The monoisotopic (exact) mass is 297 g/mol. The number of amides is 1. The van der Waals surface area contributed by atoms with Crippen molar-refractivity contribution in [2.24, 2.45) is 0 Å². The van der Waals surface area contributed by atoms with E-state index in [9.17, 15) is 9.59 Å². The molecule has 0 bridgehead atoms. The van der Waals surface area contributed by atoms with Gasteiger partial charge >= 0.3 is 5.97 Å². The van der Waals surface area contributed by atoms with Gasteiger partial charge in [-0.1, -0.05) is 18.2 Å². The minimum atomic E-state index is -0.284. The summed E-state index contributed by atoms with van der Waals surface area (Å²) in [6, 6.07) is 7.59. The number of carbonyl (C=O) groups is 2. The van der Waals surface area contributed by atoms with Crippen LogP contribution in [0.15, 0.2) is 42.9 Å². The molecule has 0 saturated heterocycles. The smallest absolute Gasteiger partial charge is 0.306 e. The second-order valence-electron chi connectivity index (χ2n) is 5.04. The normalized spacial score (nSPS) is 16.2. The Morgan fingerprint density at radius 2 is 2.14 bits per heavy atom. The highest BCUT2D eigenvalue weighted by Gasteiger charge is 2.34. The van der Waals surface area contributed by atoms with Crippen LogP contribution in [-0.4, -0.2) is 35.5 Å². The lowest BCUT2D eigenvalue weighted by atomic mass is 9.98. The van der Waals surface area contributed by atoms with Crippen LogP contribution in [-0.2, 0) is 9.53 Å².